The SMILES string of the molecule is C/C=C\OC(C)OC(=O)c1ccc(C(C)(c2ccc(C(=O)OC(C)O/C=C\C)cc2)c2ccc(C(=O)OC(C)O/C=C\C)cc2)cc1. The summed E-state index contributed by atoms with van der Waals surface area (Å²) in [5.41, 5.74) is 2.82. The third kappa shape index (κ3) is 9.84. The van der Waals surface area contributed by atoms with E-state index in [2.05, 4.69) is 0 Å². The normalized spacial score (nSPS) is 14.6. The summed E-state index contributed by atoms with van der Waals surface area (Å²) in [5, 5.41) is 0. The highest BCUT2D eigenvalue weighted by molar-refractivity contribution is 5.91. The van der Waals surface area contributed by atoms with Gasteiger partial charge in [0.1, 0.15) is 0 Å². The molecule has 0 aliphatic rings. The zero-order chi connectivity index (χ0) is 34.4. The molecule has 0 saturated heterocycles. The van der Waals surface area contributed by atoms with Crippen LogP contribution in [0.25, 0.3) is 0 Å². The molecule has 0 N–H and O–H groups in total. The van der Waals surface area contributed by atoms with Gasteiger partial charge in [0.25, 0.3) is 0 Å². The summed E-state index contributed by atoms with van der Waals surface area (Å²) in [4.78, 5) is 38.3. The predicted octanol–water partition coefficient (Wildman–Crippen LogP) is 8.20. The molecule has 0 heterocycles. The molecule has 3 aromatic carbocycles. The first-order chi connectivity index (χ1) is 22.5. The zero-order valence-electron chi connectivity index (χ0n) is 27.8. The minimum absolute atomic E-state index is 0.353. The van der Waals surface area contributed by atoms with Gasteiger partial charge in [0.2, 0.25) is 18.9 Å². The Bertz CT molecular complexity index is 1370. The van der Waals surface area contributed by atoms with Crippen molar-refractivity contribution in [2.24, 2.45) is 0 Å². The minimum Gasteiger partial charge on any atom is -0.463 e. The van der Waals surface area contributed by atoms with Crippen molar-refractivity contribution < 1.29 is 42.8 Å². The Morgan fingerprint density at radius 2 is 0.723 bits per heavy atom. The number of benzene rings is 3. The molecule has 3 atom stereocenters. The predicted molar refractivity (Wildman–Crippen MR) is 177 cm³/mol. The Hall–Kier alpha value is -5.31. The highest BCUT2D eigenvalue weighted by Crippen LogP contribution is 2.39. The second-order valence-electron chi connectivity index (χ2n) is 10.6. The average molecular weight is 643 g/mol. The molecule has 47 heavy (non-hydrogen) atoms. The molecular weight excluding hydrogens is 600 g/mol. The monoisotopic (exact) mass is 642 g/mol. The van der Waals surface area contributed by atoms with E-state index in [-0.39, 0.29) is 0 Å². The molecule has 0 radical (unpaired) electrons. The van der Waals surface area contributed by atoms with Crippen LogP contribution in [0.1, 0.15) is 96.2 Å². The van der Waals surface area contributed by atoms with Crippen molar-refractivity contribution in [3.63, 3.8) is 0 Å². The van der Waals surface area contributed by atoms with Gasteiger partial charge in [-0.25, -0.2) is 14.4 Å². The summed E-state index contributed by atoms with van der Waals surface area (Å²) >= 11 is 0. The van der Waals surface area contributed by atoms with Gasteiger partial charge in [-0.1, -0.05) is 54.6 Å². The van der Waals surface area contributed by atoms with Crippen LogP contribution in [0, 0.1) is 0 Å². The lowest BCUT2D eigenvalue weighted by molar-refractivity contribution is -0.0611. The quantitative estimate of drug-likeness (QED) is 0.0533. The van der Waals surface area contributed by atoms with Crippen molar-refractivity contribution in [1.29, 1.82) is 0 Å². The standard InChI is InChI=1S/C38H42O9/c1-8-23-42-26(4)45-35(39)29-11-17-32(18-12-29)38(7,33-19-13-30(14-20-33)36(40)46-27(5)43-24-9-2)34-21-15-31(16-22-34)37(41)47-28(6)44-25-10-3/h8-28H,1-7H3/b23-8-,24-9-,25-10-. The molecule has 248 valence electrons. The highest BCUT2D eigenvalue weighted by atomic mass is 16.7. The fourth-order valence-electron chi connectivity index (χ4n) is 4.63. The van der Waals surface area contributed by atoms with E-state index in [0.717, 1.165) is 16.7 Å². The largest absolute Gasteiger partial charge is 0.463 e. The molecule has 0 aliphatic heterocycles. The molecule has 0 aromatic heterocycles. The van der Waals surface area contributed by atoms with E-state index in [1.807, 2.05) is 43.3 Å². The second-order valence-corrected chi connectivity index (χ2v) is 10.6. The van der Waals surface area contributed by atoms with E-state index in [4.69, 9.17) is 28.4 Å². The number of hydrogen-bond donors (Lipinski definition) is 0. The molecule has 0 bridgehead atoms. The number of rotatable bonds is 15. The number of ether oxygens (including phenoxy) is 6. The maximum absolute atomic E-state index is 12.8. The molecule has 0 fully saturated rings. The van der Waals surface area contributed by atoms with E-state index in [0.29, 0.717) is 16.7 Å². The van der Waals surface area contributed by atoms with Crippen LogP contribution in [0.2, 0.25) is 0 Å². The number of esters is 3. The third-order valence-electron chi connectivity index (χ3n) is 7.13. The second kappa shape index (κ2) is 17.4. The highest BCUT2D eigenvalue weighted by Gasteiger charge is 2.32. The van der Waals surface area contributed by atoms with Crippen LogP contribution < -0.4 is 0 Å². The summed E-state index contributed by atoms with van der Waals surface area (Å²) < 4.78 is 32.0. The number of allylic oxidation sites excluding steroid dienone is 3. The van der Waals surface area contributed by atoms with Crippen molar-refractivity contribution in [3.8, 4) is 0 Å². The topological polar surface area (TPSA) is 107 Å². The summed E-state index contributed by atoms with van der Waals surface area (Å²) in [5.74, 6) is -1.58. The van der Waals surface area contributed by atoms with Crippen LogP contribution in [0.15, 0.2) is 110 Å². The summed E-state index contributed by atoms with van der Waals surface area (Å²) in [7, 11) is 0. The lowest BCUT2D eigenvalue weighted by atomic mass is 9.70. The first kappa shape index (κ1) is 36.2. The van der Waals surface area contributed by atoms with Crippen molar-refractivity contribution in [2.45, 2.75) is 72.8 Å². The lowest BCUT2D eigenvalue weighted by Crippen LogP contribution is -2.26. The Balaban J connectivity index is 1.96. The molecule has 9 nitrogen and oxygen atoms in total. The molecular formula is C38H42O9. The molecule has 0 aliphatic carbocycles. The van der Waals surface area contributed by atoms with Gasteiger partial charge in [0.15, 0.2) is 0 Å². The van der Waals surface area contributed by atoms with Gasteiger partial charge in [-0.15, -0.1) is 0 Å². The summed E-state index contributed by atoms with van der Waals surface area (Å²) in [6.07, 6.45) is 7.20. The third-order valence-corrected chi connectivity index (χ3v) is 7.13. The van der Waals surface area contributed by atoms with Gasteiger partial charge in [0, 0.05) is 26.2 Å². The van der Waals surface area contributed by atoms with E-state index < -0.39 is 42.2 Å². The fraction of sp³-hybridized carbons (Fsp3) is 0.289. The lowest BCUT2D eigenvalue weighted by Gasteiger charge is -2.32. The Morgan fingerprint density at radius 1 is 0.489 bits per heavy atom. The fourth-order valence-corrected chi connectivity index (χ4v) is 4.63. The van der Waals surface area contributed by atoms with E-state index in [1.54, 1.807) is 96.2 Å². The maximum atomic E-state index is 12.8. The van der Waals surface area contributed by atoms with E-state index in [9.17, 15) is 14.4 Å². The summed E-state index contributed by atoms with van der Waals surface area (Å²) in [6, 6.07) is 21.2. The molecule has 3 aromatic rings. The number of carbonyl (C=O) groups excluding carboxylic acids is 3. The molecule has 3 unspecified atom stereocenters. The zero-order valence-corrected chi connectivity index (χ0v) is 27.8. The molecule has 0 amide bonds. The van der Waals surface area contributed by atoms with Crippen LogP contribution in [-0.4, -0.2) is 36.8 Å². The number of hydrogen-bond acceptors (Lipinski definition) is 9. The number of carbonyl (C=O) groups is 3. The molecule has 3 rings (SSSR count). The van der Waals surface area contributed by atoms with Gasteiger partial charge >= 0.3 is 17.9 Å². The van der Waals surface area contributed by atoms with Gasteiger partial charge in [-0.2, -0.15) is 0 Å². The van der Waals surface area contributed by atoms with Gasteiger partial charge in [-0.05, 0) is 80.8 Å². The first-order valence-electron chi connectivity index (χ1n) is 15.3. The van der Waals surface area contributed by atoms with Crippen LogP contribution >= 0.6 is 0 Å². The Morgan fingerprint density at radius 3 is 0.936 bits per heavy atom. The maximum Gasteiger partial charge on any atom is 0.341 e. The van der Waals surface area contributed by atoms with E-state index >= 15 is 0 Å². The van der Waals surface area contributed by atoms with Gasteiger partial charge in [-0.3, -0.25) is 0 Å². The molecule has 9 heteroatoms. The van der Waals surface area contributed by atoms with Gasteiger partial charge < -0.3 is 28.4 Å². The molecule has 0 spiro atoms. The van der Waals surface area contributed by atoms with E-state index in [1.165, 1.54) is 18.8 Å². The smallest absolute Gasteiger partial charge is 0.341 e. The van der Waals surface area contributed by atoms with Gasteiger partial charge in [0.05, 0.1) is 35.5 Å². The van der Waals surface area contributed by atoms with Crippen molar-refractivity contribution in [3.05, 3.63) is 143 Å². The van der Waals surface area contributed by atoms with Crippen molar-refractivity contribution >= 4 is 17.9 Å². The Kier molecular flexibility index (Phi) is 13.4. The first-order valence-corrected chi connectivity index (χ1v) is 15.3. The average Bonchev–Trinajstić information content (AvgIpc) is 3.08. The van der Waals surface area contributed by atoms with Crippen molar-refractivity contribution in [1.82, 2.24) is 0 Å². The minimum atomic E-state index is -0.778. The summed E-state index contributed by atoms with van der Waals surface area (Å²) in [6.45, 7) is 12.3. The van der Waals surface area contributed by atoms with Crippen LogP contribution in [-0.2, 0) is 33.8 Å². The van der Waals surface area contributed by atoms with Crippen LogP contribution in [0.4, 0.5) is 0 Å². The van der Waals surface area contributed by atoms with Crippen LogP contribution in [0.5, 0.6) is 0 Å². The van der Waals surface area contributed by atoms with Crippen molar-refractivity contribution in [2.75, 3.05) is 0 Å². The Labute approximate surface area is 276 Å². The molecule has 0 saturated carbocycles. The van der Waals surface area contributed by atoms with Crippen LogP contribution in [0.3, 0.4) is 0 Å².